The molecule has 1 N–H and O–H groups in total. The van der Waals surface area contributed by atoms with E-state index in [1.54, 1.807) is 12.1 Å². The van der Waals surface area contributed by atoms with Crippen molar-refractivity contribution in [3.05, 3.63) is 23.7 Å². The van der Waals surface area contributed by atoms with Crippen LogP contribution in [0.5, 0.6) is 0 Å². The first-order valence-corrected chi connectivity index (χ1v) is 7.76. The van der Waals surface area contributed by atoms with Crippen LogP contribution in [-0.2, 0) is 20.9 Å². The fourth-order valence-corrected chi connectivity index (χ4v) is 2.68. The number of aliphatic carboxylic acids is 1. The Labute approximate surface area is 140 Å². The van der Waals surface area contributed by atoms with Crippen LogP contribution in [0.4, 0.5) is 0 Å². The third-order valence-corrected chi connectivity index (χ3v) is 4.00. The minimum absolute atomic E-state index is 0.120. The second-order valence-corrected chi connectivity index (χ2v) is 5.88. The van der Waals surface area contributed by atoms with Gasteiger partial charge in [0.2, 0.25) is 5.91 Å². The topological polar surface area (TPSA) is 100 Å². The van der Waals surface area contributed by atoms with E-state index in [1.165, 1.54) is 24.0 Å². The molecule has 0 bridgehead atoms. The Hall–Kier alpha value is -2.35. The summed E-state index contributed by atoms with van der Waals surface area (Å²) < 4.78 is 10.3. The lowest BCUT2D eigenvalue weighted by Crippen LogP contribution is -2.46. The quantitative estimate of drug-likeness (QED) is 0.824. The number of likely N-dealkylation sites (tertiary alicyclic amines) is 1. The second kappa shape index (κ2) is 7.96. The van der Waals surface area contributed by atoms with E-state index in [4.69, 9.17) is 14.3 Å². The lowest BCUT2D eigenvalue weighted by Gasteiger charge is -2.31. The predicted molar refractivity (Wildman–Crippen MR) is 83.3 cm³/mol. The van der Waals surface area contributed by atoms with Gasteiger partial charge in [-0.2, -0.15) is 0 Å². The third-order valence-electron chi connectivity index (χ3n) is 4.00. The molecule has 0 aliphatic carbocycles. The molecule has 2 amide bonds. The van der Waals surface area contributed by atoms with Crippen molar-refractivity contribution in [3.63, 3.8) is 0 Å². The first-order chi connectivity index (χ1) is 11.4. The first-order valence-electron chi connectivity index (χ1n) is 7.76. The van der Waals surface area contributed by atoms with Crippen molar-refractivity contribution in [3.8, 4) is 0 Å². The van der Waals surface area contributed by atoms with Gasteiger partial charge in [-0.1, -0.05) is 0 Å². The van der Waals surface area contributed by atoms with E-state index in [2.05, 4.69) is 0 Å². The number of nitrogens with zero attached hydrogens (tertiary/aromatic N) is 2. The van der Waals surface area contributed by atoms with Crippen LogP contribution in [0.25, 0.3) is 0 Å². The molecule has 1 atom stereocenters. The summed E-state index contributed by atoms with van der Waals surface area (Å²) in [5.41, 5.74) is 0. The summed E-state index contributed by atoms with van der Waals surface area (Å²) in [5.74, 6) is -1.43. The van der Waals surface area contributed by atoms with Gasteiger partial charge in [0, 0.05) is 27.2 Å². The molecule has 1 aliphatic rings. The third kappa shape index (κ3) is 4.35. The van der Waals surface area contributed by atoms with Gasteiger partial charge in [-0.3, -0.25) is 14.4 Å². The fourth-order valence-electron chi connectivity index (χ4n) is 2.68. The monoisotopic (exact) mass is 338 g/mol. The van der Waals surface area contributed by atoms with Crippen LogP contribution in [0.2, 0.25) is 0 Å². The minimum atomic E-state index is -0.891. The second-order valence-electron chi connectivity index (χ2n) is 5.88. The summed E-state index contributed by atoms with van der Waals surface area (Å²) in [6.07, 6.45) is 1.22. The average Bonchev–Trinajstić information content (AvgIpc) is 3.03. The standard InChI is InChI=1S/C16H22N2O6/c1-17(15(20)13-6-5-12(24-13)10-23-2)9-14(19)18-7-3-4-11(8-18)16(21)22/h5-6,11H,3-4,7-10H2,1-2H3,(H,21,22). The highest BCUT2D eigenvalue weighted by Gasteiger charge is 2.29. The number of carboxylic acid groups (broad SMARTS) is 1. The number of likely N-dealkylation sites (N-methyl/N-ethyl adjacent to an activating group) is 1. The molecule has 8 heteroatoms. The fraction of sp³-hybridized carbons (Fsp3) is 0.562. The van der Waals surface area contributed by atoms with Crippen LogP contribution in [0.1, 0.15) is 29.2 Å². The maximum absolute atomic E-state index is 12.3. The molecule has 1 fully saturated rings. The number of hydrogen-bond donors (Lipinski definition) is 1. The molecule has 132 valence electrons. The molecular weight excluding hydrogens is 316 g/mol. The summed E-state index contributed by atoms with van der Waals surface area (Å²) in [6.45, 7) is 0.851. The van der Waals surface area contributed by atoms with Crippen molar-refractivity contribution < 1.29 is 28.6 Å². The van der Waals surface area contributed by atoms with Crippen LogP contribution in [-0.4, -0.2) is 66.5 Å². The van der Waals surface area contributed by atoms with Gasteiger partial charge in [-0.25, -0.2) is 0 Å². The van der Waals surface area contributed by atoms with Crippen molar-refractivity contribution in [2.75, 3.05) is 33.8 Å². The molecule has 1 aliphatic heterocycles. The molecule has 0 aromatic carbocycles. The molecule has 2 rings (SSSR count). The maximum atomic E-state index is 12.3. The van der Waals surface area contributed by atoms with E-state index in [0.717, 1.165) is 0 Å². The van der Waals surface area contributed by atoms with Crippen molar-refractivity contribution >= 4 is 17.8 Å². The molecule has 1 unspecified atom stereocenters. The Bertz CT molecular complexity index is 611. The molecule has 1 saturated heterocycles. The number of amides is 2. The Kier molecular flexibility index (Phi) is 5.97. The van der Waals surface area contributed by atoms with E-state index in [0.29, 0.717) is 25.1 Å². The molecule has 0 spiro atoms. The van der Waals surface area contributed by atoms with Gasteiger partial charge >= 0.3 is 5.97 Å². The zero-order chi connectivity index (χ0) is 17.7. The van der Waals surface area contributed by atoms with Crippen LogP contribution < -0.4 is 0 Å². The van der Waals surface area contributed by atoms with Crippen molar-refractivity contribution in [2.45, 2.75) is 19.4 Å². The molecule has 8 nitrogen and oxygen atoms in total. The summed E-state index contributed by atoms with van der Waals surface area (Å²) in [4.78, 5) is 38.4. The Morgan fingerprint density at radius 1 is 1.42 bits per heavy atom. The van der Waals surface area contributed by atoms with Crippen LogP contribution in [0, 0.1) is 5.92 Å². The van der Waals surface area contributed by atoms with Crippen LogP contribution in [0.3, 0.4) is 0 Å². The molecule has 1 aromatic heterocycles. The van der Waals surface area contributed by atoms with Gasteiger partial charge in [-0.15, -0.1) is 0 Å². The Balaban J connectivity index is 1.92. The number of rotatable bonds is 6. The number of methoxy groups -OCH3 is 1. The van der Waals surface area contributed by atoms with E-state index >= 15 is 0 Å². The first kappa shape index (κ1) is 18.0. The van der Waals surface area contributed by atoms with Gasteiger partial charge in [0.25, 0.3) is 5.91 Å². The Morgan fingerprint density at radius 3 is 2.83 bits per heavy atom. The molecule has 2 heterocycles. The minimum Gasteiger partial charge on any atom is -0.481 e. The molecular formula is C16H22N2O6. The van der Waals surface area contributed by atoms with Crippen LogP contribution >= 0.6 is 0 Å². The summed E-state index contributed by atoms with van der Waals surface area (Å²) in [5, 5.41) is 9.08. The zero-order valence-electron chi connectivity index (χ0n) is 13.9. The number of carbonyl (C=O) groups is 3. The van der Waals surface area contributed by atoms with Crippen molar-refractivity contribution in [2.24, 2.45) is 5.92 Å². The van der Waals surface area contributed by atoms with Crippen LogP contribution in [0.15, 0.2) is 16.5 Å². The molecule has 0 radical (unpaired) electrons. The van der Waals surface area contributed by atoms with Crippen molar-refractivity contribution in [1.29, 1.82) is 0 Å². The predicted octanol–water partition coefficient (Wildman–Crippen LogP) is 0.821. The lowest BCUT2D eigenvalue weighted by molar-refractivity contribution is -0.145. The number of carbonyl (C=O) groups excluding carboxylic acids is 2. The lowest BCUT2D eigenvalue weighted by atomic mass is 9.98. The largest absolute Gasteiger partial charge is 0.481 e. The molecule has 24 heavy (non-hydrogen) atoms. The number of furan rings is 1. The number of carboxylic acids is 1. The number of piperidine rings is 1. The van der Waals surface area contributed by atoms with Gasteiger partial charge in [0.1, 0.15) is 12.4 Å². The zero-order valence-corrected chi connectivity index (χ0v) is 13.9. The van der Waals surface area contributed by atoms with Gasteiger partial charge in [0.15, 0.2) is 5.76 Å². The maximum Gasteiger partial charge on any atom is 0.308 e. The van der Waals surface area contributed by atoms with E-state index < -0.39 is 17.8 Å². The highest BCUT2D eigenvalue weighted by atomic mass is 16.5. The highest BCUT2D eigenvalue weighted by molar-refractivity contribution is 5.94. The van der Waals surface area contributed by atoms with Gasteiger partial charge < -0.3 is 24.1 Å². The normalized spacial score (nSPS) is 17.6. The SMILES string of the molecule is COCc1ccc(C(=O)N(C)CC(=O)N2CCCC(C(=O)O)C2)o1. The number of ether oxygens (including phenoxy) is 1. The molecule has 1 aromatic rings. The smallest absolute Gasteiger partial charge is 0.308 e. The van der Waals surface area contributed by atoms with Crippen molar-refractivity contribution in [1.82, 2.24) is 9.80 Å². The van der Waals surface area contributed by atoms with Gasteiger partial charge in [-0.05, 0) is 25.0 Å². The van der Waals surface area contributed by atoms with E-state index in [1.807, 2.05) is 0 Å². The summed E-state index contributed by atoms with van der Waals surface area (Å²) >= 11 is 0. The number of hydrogen-bond acceptors (Lipinski definition) is 5. The Morgan fingerprint density at radius 2 is 2.17 bits per heavy atom. The van der Waals surface area contributed by atoms with Gasteiger partial charge in [0.05, 0.1) is 12.5 Å². The highest BCUT2D eigenvalue weighted by Crippen LogP contribution is 2.17. The molecule has 0 saturated carbocycles. The van der Waals surface area contributed by atoms with E-state index in [9.17, 15) is 14.4 Å². The van der Waals surface area contributed by atoms with E-state index in [-0.39, 0.29) is 31.4 Å². The average molecular weight is 338 g/mol. The summed E-state index contributed by atoms with van der Waals surface area (Å²) in [7, 11) is 3.04. The summed E-state index contributed by atoms with van der Waals surface area (Å²) in [6, 6.07) is 3.19.